The Balaban J connectivity index is 2.57. The van der Waals surface area contributed by atoms with Crippen molar-refractivity contribution < 1.29 is 4.74 Å². The van der Waals surface area contributed by atoms with Crippen LogP contribution in [-0.2, 0) is 0 Å². The summed E-state index contributed by atoms with van der Waals surface area (Å²) in [4.78, 5) is 0.751. The van der Waals surface area contributed by atoms with Gasteiger partial charge in [-0.05, 0) is 25.0 Å². The summed E-state index contributed by atoms with van der Waals surface area (Å²) in [5.41, 5.74) is 3.34. The molecular weight excluding hydrogens is 182 g/mol. The first kappa shape index (κ1) is 8.51. The van der Waals surface area contributed by atoms with E-state index in [1.807, 2.05) is 13.8 Å². The molecule has 2 nitrogen and oxygen atoms in total. The van der Waals surface area contributed by atoms with Crippen LogP contribution in [0.2, 0.25) is 0 Å². The molecule has 0 aliphatic carbocycles. The molecule has 0 amide bonds. The lowest BCUT2D eigenvalue weighted by atomic mass is 10.1. The number of nitrogens with one attached hydrogen (secondary N) is 1. The Morgan fingerprint density at radius 1 is 1.31 bits per heavy atom. The zero-order valence-corrected chi connectivity index (χ0v) is 8.49. The number of hydrogen-bond donors (Lipinski definition) is 1. The minimum absolute atomic E-state index is 0.493. The maximum absolute atomic E-state index is 5.54. The highest BCUT2D eigenvalue weighted by Crippen LogP contribution is 2.34. The number of anilines is 1. The summed E-state index contributed by atoms with van der Waals surface area (Å²) in [6.45, 7) is 4.57. The highest BCUT2D eigenvalue weighted by Gasteiger charge is 2.16. The lowest BCUT2D eigenvalue weighted by Crippen LogP contribution is -2.24. The van der Waals surface area contributed by atoms with Gasteiger partial charge >= 0.3 is 0 Å². The second-order valence-electron chi connectivity index (χ2n) is 3.24. The number of fused-ring (bicyclic) bond motifs is 1. The van der Waals surface area contributed by atoms with E-state index in [1.54, 1.807) is 0 Å². The van der Waals surface area contributed by atoms with Gasteiger partial charge in [-0.25, -0.2) is 0 Å². The number of benzene rings is 1. The topological polar surface area (TPSA) is 21.3 Å². The Morgan fingerprint density at radius 2 is 2.00 bits per heavy atom. The van der Waals surface area contributed by atoms with Crippen molar-refractivity contribution in [3.63, 3.8) is 0 Å². The Hall–Kier alpha value is -1.09. The summed E-state index contributed by atoms with van der Waals surface area (Å²) in [6.07, 6.45) is 0. The van der Waals surface area contributed by atoms with Crippen LogP contribution in [0.3, 0.4) is 0 Å². The summed E-state index contributed by atoms with van der Waals surface area (Å²) in [5, 5.41) is 3.18. The van der Waals surface area contributed by atoms with E-state index >= 15 is 0 Å². The van der Waals surface area contributed by atoms with E-state index in [0.29, 0.717) is 6.61 Å². The molecule has 0 saturated heterocycles. The van der Waals surface area contributed by atoms with Crippen molar-refractivity contribution in [2.24, 2.45) is 0 Å². The van der Waals surface area contributed by atoms with E-state index in [9.17, 15) is 0 Å². The number of ether oxygens (including phenoxy) is 1. The molecule has 0 atom stereocenters. The molecule has 1 aliphatic rings. The van der Waals surface area contributed by atoms with E-state index in [0.717, 1.165) is 22.0 Å². The molecule has 0 unspecified atom stereocenters. The smallest absolute Gasteiger partial charge is 0.146 e. The number of rotatable bonds is 0. The molecule has 1 N–H and O–H groups in total. The van der Waals surface area contributed by atoms with Crippen LogP contribution in [0.15, 0.2) is 12.1 Å². The summed E-state index contributed by atoms with van der Waals surface area (Å²) in [6, 6.07) is 4.13. The average Bonchev–Trinajstić information content (AvgIpc) is 2.12. The monoisotopic (exact) mass is 193 g/mol. The second kappa shape index (κ2) is 3.00. The molecule has 1 aromatic carbocycles. The molecule has 0 radical (unpaired) electrons. The third-order valence-corrected chi connectivity index (χ3v) is 2.39. The molecule has 68 valence electrons. The average molecular weight is 193 g/mol. The summed E-state index contributed by atoms with van der Waals surface area (Å²) in [7, 11) is 0. The maximum Gasteiger partial charge on any atom is 0.146 e. The molecule has 2 rings (SSSR count). The van der Waals surface area contributed by atoms with Crippen LogP contribution in [0.4, 0.5) is 5.69 Å². The van der Waals surface area contributed by atoms with Crippen molar-refractivity contribution in [3.05, 3.63) is 23.3 Å². The molecule has 0 fully saturated rings. The third kappa shape index (κ3) is 1.40. The fourth-order valence-electron chi connectivity index (χ4n) is 1.44. The molecular formula is C10H11NOS. The van der Waals surface area contributed by atoms with Crippen molar-refractivity contribution in [3.8, 4) is 5.75 Å². The maximum atomic E-state index is 5.54. The number of hydrogen-bond acceptors (Lipinski definition) is 2. The molecule has 3 heteroatoms. The standard InChI is InChI=1S/C10H11NOS/c1-6-3-4-7(2)10-9(6)11-8(13)5-12-10/h3-4H,5H2,1-2H3,(H,11,13). The van der Waals surface area contributed by atoms with Crippen molar-refractivity contribution in [2.75, 3.05) is 11.9 Å². The van der Waals surface area contributed by atoms with Crippen LogP contribution >= 0.6 is 12.2 Å². The van der Waals surface area contributed by atoms with Crippen LogP contribution in [0.1, 0.15) is 11.1 Å². The van der Waals surface area contributed by atoms with Gasteiger partial charge in [0.1, 0.15) is 17.3 Å². The Morgan fingerprint density at radius 3 is 2.77 bits per heavy atom. The van der Waals surface area contributed by atoms with Crippen LogP contribution in [-0.4, -0.2) is 11.6 Å². The number of aryl methyl sites for hydroxylation is 2. The van der Waals surface area contributed by atoms with Gasteiger partial charge in [0.2, 0.25) is 0 Å². The Labute approximate surface area is 82.9 Å². The van der Waals surface area contributed by atoms with Gasteiger partial charge in [-0.1, -0.05) is 24.4 Å². The molecule has 1 heterocycles. The third-order valence-electron chi connectivity index (χ3n) is 2.17. The lowest BCUT2D eigenvalue weighted by Gasteiger charge is -2.23. The zero-order chi connectivity index (χ0) is 9.42. The van der Waals surface area contributed by atoms with E-state index in [4.69, 9.17) is 17.0 Å². The van der Waals surface area contributed by atoms with Gasteiger partial charge in [0.15, 0.2) is 0 Å². The summed E-state index contributed by atoms with van der Waals surface area (Å²) < 4.78 is 5.54. The van der Waals surface area contributed by atoms with E-state index < -0.39 is 0 Å². The quantitative estimate of drug-likeness (QED) is 0.639. The summed E-state index contributed by atoms with van der Waals surface area (Å²) in [5.74, 6) is 0.939. The minimum atomic E-state index is 0.493. The van der Waals surface area contributed by atoms with Gasteiger partial charge < -0.3 is 10.1 Å². The first-order valence-electron chi connectivity index (χ1n) is 4.21. The largest absolute Gasteiger partial charge is 0.484 e. The SMILES string of the molecule is Cc1ccc(C)c2c1NC(=S)CO2. The van der Waals surface area contributed by atoms with Crippen molar-refractivity contribution in [2.45, 2.75) is 13.8 Å². The zero-order valence-electron chi connectivity index (χ0n) is 7.68. The van der Waals surface area contributed by atoms with Crippen LogP contribution in [0.25, 0.3) is 0 Å². The van der Waals surface area contributed by atoms with Gasteiger partial charge in [0.05, 0.1) is 5.69 Å². The normalized spacial score (nSPS) is 14.5. The van der Waals surface area contributed by atoms with Gasteiger partial charge in [-0.2, -0.15) is 0 Å². The lowest BCUT2D eigenvalue weighted by molar-refractivity contribution is 0.372. The highest BCUT2D eigenvalue weighted by atomic mass is 32.1. The van der Waals surface area contributed by atoms with Gasteiger partial charge in [-0.15, -0.1) is 0 Å². The predicted octanol–water partition coefficient (Wildman–Crippen LogP) is 2.44. The molecule has 0 bridgehead atoms. The fourth-order valence-corrected chi connectivity index (χ4v) is 1.60. The summed E-state index contributed by atoms with van der Waals surface area (Å²) >= 11 is 5.05. The number of thiocarbonyl (C=S) groups is 1. The van der Waals surface area contributed by atoms with Gasteiger partial charge in [-0.3, -0.25) is 0 Å². The van der Waals surface area contributed by atoms with E-state index in [2.05, 4.69) is 17.4 Å². The first-order valence-corrected chi connectivity index (χ1v) is 4.62. The van der Waals surface area contributed by atoms with Crippen LogP contribution in [0, 0.1) is 13.8 Å². The molecule has 0 aromatic heterocycles. The van der Waals surface area contributed by atoms with Gasteiger partial charge in [0.25, 0.3) is 0 Å². The molecule has 1 aromatic rings. The minimum Gasteiger partial charge on any atom is -0.484 e. The van der Waals surface area contributed by atoms with E-state index in [-0.39, 0.29) is 0 Å². The predicted molar refractivity (Wildman–Crippen MR) is 57.6 cm³/mol. The molecule has 0 saturated carbocycles. The highest BCUT2D eigenvalue weighted by molar-refractivity contribution is 7.80. The van der Waals surface area contributed by atoms with Crippen LogP contribution < -0.4 is 10.1 Å². The molecule has 0 spiro atoms. The van der Waals surface area contributed by atoms with Crippen molar-refractivity contribution in [1.82, 2.24) is 0 Å². The van der Waals surface area contributed by atoms with Crippen molar-refractivity contribution >= 4 is 22.9 Å². The molecule has 13 heavy (non-hydrogen) atoms. The first-order chi connectivity index (χ1) is 6.18. The van der Waals surface area contributed by atoms with Crippen LogP contribution in [0.5, 0.6) is 5.75 Å². The van der Waals surface area contributed by atoms with Crippen molar-refractivity contribution in [1.29, 1.82) is 0 Å². The molecule has 1 aliphatic heterocycles. The Bertz CT molecular complexity index is 373. The fraction of sp³-hybridized carbons (Fsp3) is 0.300. The second-order valence-corrected chi connectivity index (χ2v) is 3.73. The Kier molecular flexibility index (Phi) is 1.96. The van der Waals surface area contributed by atoms with E-state index in [1.165, 1.54) is 5.56 Å². The van der Waals surface area contributed by atoms with Gasteiger partial charge in [0, 0.05) is 0 Å².